The van der Waals surface area contributed by atoms with Crippen LogP contribution in [-0.4, -0.2) is 35.0 Å². The van der Waals surface area contributed by atoms with Crippen LogP contribution < -0.4 is 11.1 Å². The summed E-state index contributed by atoms with van der Waals surface area (Å²) in [6, 6.07) is 3.24. The number of carbonyl (C=O) groups excluding carboxylic acids is 1. The van der Waals surface area contributed by atoms with Crippen molar-refractivity contribution in [1.82, 2.24) is 0 Å². The van der Waals surface area contributed by atoms with Crippen molar-refractivity contribution >= 4 is 17.3 Å². The number of rotatable bonds is 6. The van der Waals surface area contributed by atoms with Gasteiger partial charge in [-0.05, 0) is 12.1 Å². The lowest BCUT2D eigenvalue weighted by atomic mass is 10.1. The predicted octanol–water partition coefficient (Wildman–Crippen LogP) is 0.732. The minimum Gasteiger partial charge on any atom is -0.385 e. The van der Waals surface area contributed by atoms with Crippen molar-refractivity contribution in [3.8, 4) is 0 Å². The molecule has 0 aliphatic heterocycles. The van der Waals surface area contributed by atoms with Crippen molar-refractivity contribution in [3.63, 3.8) is 0 Å². The average Bonchev–Trinajstić information content (AvgIpc) is 2.34. The van der Waals surface area contributed by atoms with E-state index in [1.54, 1.807) is 0 Å². The number of nitrogens with one attached hydrogen (secondary N) is 1. The fraction of sp³-hybridized carbons (Fsp3) is 0.300. The fourth-order valence-electron chi connectivity index (χ4n) is 1.29. The van der Waals surface area contributed by atoms with Gasteiger partial charge >= 0.3 is 0 Å². The smallest absolute Gasteiger partial charge is 0.292 e. The molecule has 1 aromatic rings. The zero-order valence-electron chi connectivity index (χ0n) is 9.55. The number of anilines is 1. The molecule has 0 saturated heterocycles. The molecule has 0 aromatic heterocycles. The van der Waals surface area contributed by atoms with E-state index in [0.717, 1.165) is 18.2 Å². The van der Waals surface area contributed by atoms with Crippen LogP contribution in [0.2, 0.25) is 0 Å². The highest BCUT2D eigenvalue weighted by atomic mass is 19.3. The number of nitro groups is 1. The summed E-state index contributed by atoms with van der Waals surface area (Å²) in [6.07, 6.45) is -4.96. The maximum atomic E-state index is 12.1. The van der Waals surface area contributed by atoms with E-state index in [-0.39, 0.29) is 11.3 Å². The zero-order valence-corrected chi connectivity index (χ0v) is 9.55. The second-order valence-corrected chi connectivity index (χ2v) is 3.64. The first-order valence-electron chi connectivity index (χ1n) is 5.11. The summed E-state index contributed by atoms with van der Waals surface area (Å²) < 4.78 is 24.2. The van der Waals surface area contributed by atoms with Gasteiger partial charge in [0.15, 0.2) is 0 Å². The summed E-state index contributed by atoms with van der Waals surface area (Å²) in [5, 5.41) is 21.9. The summed E-state index contributed by atoms with van der Waals surface area (Å²) in [7, 11) is 0. The van der Waals surface area contributed by atoms with Crippen LogP contribution in [0, 0.1) is 10.1 Å². The number of halogens is 2. The average molecular weight is 275 g/mol. The Morgan fingerprint density at radius 1 is 1.53 bits per heavy atom. The molecule has 7 nitrogen and oxygen atoms in total. The largest absolute Gasteiger partial charge is 0.385 e. The zero-order chi connectivity index (χ0) is 14.6. The van der Waals surface area contributed by atoms with Crippen LogP contribution in [0.25, 0.3) is 0 Å². The summed E-state index contributed by atoms with van der Waals surface area (Å²) in [4.78, 5) is 20.9. The molecule has 4 N–H and O–H groups in total. The van der Waals surface area contributed by atoms with E-state index >= 15 is 0 Å². The molecule has 0 aliphatic rings. The van der Waals surface area contributed by atoms with Crippen LogP contribution in [0.1, 0.15) is 10.4 Å². The Hall–Kier alpha value is -2.29. The van der Waals surface area contributed by atoms with Crippen molar-refractivity contribution in [3.05, 3.63) is 33.9 Å². The van der Waals surface area contributed by atoms with Crippen LogP contribution in [0.3, 0.4) is 0 Å². The molecule has 0 bridgehead atoms. The number of benzene rings is 1. The second kappa shape index (κ2) is 6.05. The Morgan fingerprint density at radius 3 is 2.63 bits per heavy atom. The number of aliphatic hydroxyl groups excluding tert-OH is 1. The molecular formula is C10H11F2N3O4. The molecule has 0 heterocycles. The van der Waals surface area contributed by atoms with Gasteiger partial charge in [-0.2, -0.15) is 0 Å². The van der Waals surface area contributed by atoms with Crippen molar-refractivity contribution in [2.45, 2.75) is 12.5 Å². The first-order valence-corrected chi connectivity index (χ1v) is 5.11. The lowest BCUT2D eigenvalue weighted by Crippen LogP contribution is -2.27. The third-order valence-corrected chi connectivity index (χ3v) is 2.27. The standard InChI is InChI=1S/C10H11F2N3O4/c11-9(12)8(16)4-14-6-3-5(10(13)17)1-2-7(6)15(18)19/h1-3,8-9,14,16H,4H2,(H2,13,17). The van der Waals surface area contributed by atoms with Gasteiger partial charge in [0.1, 0.15) is 11.8 Å². The molecular weight excluding hydrogens is 264 g/mol. The molecule has 1 unspecified atom stereocenters. The van der Waals surface area contributed by atoms with E-state index in [2.05, 4.69) is 5.32 Å². The molecule has 19 heavy (non-hydrogen) atoms. The van der Waals surface area contributed by atoms with Crippen molar-refractivity contribution in [1.29, 1.82) is 0 Å². The minimum atomic E-state index is -2.98. The molecule has 0 spiro atoms. The van der Waals surface area contributed by atoms with E-state index in [1.165, 1.54) is 0 Å². The Labute approximate surface area is 106 Å². The SMILES string of the molecule is NC(=O)c1ccc([N+](=O)[O-])c(NCC(O)C(F)F)c1. The van der Waals surface area contributed by atoms with Gasteiger partial charge in [-0.15, -0.1) is 0 Å². The van der Waals surface area contributed by atoms with Gasteiger partial charge in [-0.3, -0.25) is 14.9 Å². The van der Waals surface area contributed by atoms with E-state index in [0.29, 0.717) is 0 Å². The summed E-state index contributed by atoms with van der Waals surface area (Å²) in [5.41, 5.74) is 4.42. The molecule has 0 aliphatic carbocycles. The first-order chi connectivity index (χ1) is 8.82. The third-order valence-electron chi connectivity index (χ3n) is 2.27. The summed E-state index contributed by atoms with van der Waals surface area (Å²) >= 11 is 0. The van der Waals surface area contributed by atoms with Crippen LogP contribution in [0.4, 0.5) is 20.2 Å². The van der Waals surface area contributed by atoms with E-state index < -0.39 is 35.6 Å². The number of aliphatic hydroxyl groups is 1. The van der Waals surface area contributed by atoms with E-state index in [9.17, 15) is 23.7 Å². The molecule has 104 valence electrons. The number of nitrogens with two attached hydrogens (primary N) is 1. The number of carbonyl (C=O) groups is 1. The Morgan fingerprint density at radius 2 is 2.16 bits per heavy atom. The first kappa shape index (κ1) is 14.8. The molecule has 0 fully saturated rings. The Kier molecular flexibility index (Phi) is 4.70. The number of amides is 1. The number of alkyl halides is 2. The number of nitro benzene ring substituents is 1. The Balaban J connectivity index is 2.98. The van der Waals surface area contributed by atoms with Gasteiger partial charge in [-0.1, -0.05) is 0 Å². The predicted molar refractivity (Wildman–Crippen MR) is 62.1 cm³/mol. The van der Waals surface area contributed by atoms with Crippen LogP contribution >= 0.6 is 0 Å². The molecule has 0 saturated carbocycles. The molecule has 1 atom stereocenters. The minimum absolute atomic E-state index is 0.0142. The van der Waals surface area contributed by atoms with Crippen molar-refractivity contribution in [2.24, 2.45) is 5.73 Å². The lowest BCUT2D eigenvalue weighted by Gasteiger charge is -2.12. The number of primary amides is 1. The van der Waals surface area contributed by atoms with E-state index in [4.69, 9.17) is 10.8 Å². The molecule has 9 heteroatoms. The van der Waals surface area contributed by atoms with Gasteiger partial charge in [0.25, 0.3) is 12.1 Å². The van der Waals surface area contributed by atoms with Gasteiger partial charge in [0, 0.05) is 18.2 Å². The van der Waals surface area contributed by atoms with Gasteiger partial charge in [-0.25, -0.2) is 8.78 Å². The quantitative estimate of drug-likeness (QED) is 0.522. The molecule has 1 amide bonds. The third kappa shape index (κ3) is 3.85. The van der Waals surface area contributed by atoms with Gasteiger partial charge < -0.3 is 16.2 Å². The summed E-state index contributed by atoms with van der Waals surface area (Å²) in [5.74, 6) is -0.813. The van der Waals surface area contributed by atoms with Crippen molar-refractivity contribution < 1.29 is 23.6 Å². The highest BCUT2D eigenvalue weighted by Gasteiger charge is 2.20. The second-order valence-electron chi connectivity index (χ2n) is 3.64. The van der Waals surface area contributed by atoms with Gasteiger partial charge in [0.2, 0.25) is 5.91 Å². The fourth-order valence-corrected chi connectivity index (χ4v) is 1.29. The monoisotopic (exact) mass is 275 g/mol. The number of nitrogens with zero attached hydrogens (tertiary/aromatic N) is 1. The topological polar surface area (TPSA) is 118 Å². The van der Waals surface area contributed by atoms with Crippen LogP contribution in [0.5, 0.6) is 0 Å². The Bertz CT molecular complexity index is 496. The van der Waals surface area contributed by atoms with Crippen LogP contribution in [-0.2, 0) is 0 Å². The van der Waals surface area contributed by atoms with Crippen molar-refractivity contribution in [2.75, 3.05) is 11.9 Å². The molecule has 1 rings (SSSR count). The van der Waals surface area contributed by atoms with E-state index in [1.807, 2.05) is 0 Å². The normalized spacial score (nSPS) is 12.2. The number of hydrogen-bond acceptors (Lipinski definition) is 5. The van der Waals surface area contributed by atoms with Gasteiger partial charge in [0.05, 0.1) is 4.92 Å². The van der Waals surface area contributed by atoms with Crippen LogP contribution in [0.15, 0.2) is 18.2 Å². The maximum absolute atomic E-state index is 12.1. The molecule has 1 aromatic carbocycles. The number of hydrogen-bond donors (Lipinski definition) is 3. The highest BCUT2D eigenvalue weighted by molar-refractivity contribution is 5.94. The lowest BCUT2D eigenvalue weighted by molar-refractivity contribution is -0.384. The summed E-state index contributed by atoms with van der Waals surface area (Å²) in [6.45, 7) is -0.597. The highest BCUT2D eigenvalue weighted by Crippen LogP contribution is 2.25. The maximum Gasteiger partial charge on any atom is 0.292 e. The molecule has 0 radical (unpaired) electrons.